The maximum absolute atomic E-state index is 6.47. The fraction of sp³-hybridized carbons (Fsp3) is 0.333. The monoisotopic (exact) mass is 321 g/mol. The van der Waals surface area contributed by atoms with Gasteiger partial charge in [-0.05, 0) is 41.8 Å². The molecule has 0 fully saturated rings. The molecule has 4 heteroatoms. The fourth-order valence-electron chi connectivity index (χ4n) is 2.61. The number of benzene rings is 2. The normalized spacial score (nSPS) is 12.9. The Morgan fingerprint density at radius 1 is 0.818 bits per heavy atom. The second kappa shape index (κ2) is 8.66. The first kappa shape index (κ1) is 18.3. The van der Waals surface area contributed by atoms with Crippen molar-refractivity contribution in [1.29, 1.82) is 0 Å². The van der Waals surface area contributed by atoms with Crippen LogP contribution in [0.15, 0.2) is 48.5 Å². The van der Waals surface area contributed by atoms with Gasteiger partial charge in [-0.25, -0.2) is 0 Å². The van der Waals surface area contributed by atoms with Crippen LogP contribution in [0.3, 0.4) is 0 Å². The molecular weight excluding hydrogens is 298 g/mol. The van der Waals surface area contributed by atoms with E-state index in [1.54, 1.807) is 14.2 Å². The van der Waals surface area contributed by atoms with E-state index in [0.29, 0.717) is 0 Å². The molecule has 2 atom stereocenters. The maximum atomic E-state index is 6.47. The Labute approximate surface area is 138 Å². The van der Waals surface area contributed by atoms with Gasteiger partial charge in [-0.15, -0.1) is 12.4 Å². The van der Waals surface area contributed by atoms with Gasteiger partial charge in [0, 0.05) is 12.0 Å². The quantitative estimate of drug-likeness (QED) is 0.861. The topological polar surface area (TPSA) is 44.5 Å². The molecule has 22 heavy (non-hydrogen) atoms. The smallest absolute Gasteiger partial charge is 0.118 e. The number of methoxy groups -OCH3 is 2. The Kier molecular flexibility index (Phi) is 7.22. The molecule has 0 saturated heterocycles. The third-order valence-electron chi connectivity index (χ3n) is 3.92. The molecule has 0 amide bonds. The Morgan fingerprint density at radius 2 is 1.23 bits per heavy atom. The average molecular weight is 322 g/mol. The van der Waals surface area contributed by atoms with E-state index in [2.05, 4.69) is 19.1 Å². The second-order valence-corrected chi connectivity index (χ2v) is 5.09. The number of halogens is 1. The lowest BCUT2D eigenvalue weighted by Crippen LogP contribution is -2.19. The van der Waals surface area contributed by atoms with Crippen molar-refractivity contribution in [3.63, 3.8) is 0 Å². The fourth-order valence-corrected chi connectivity index (χ4v) is 2.61. The molecule has 3 nitrogen and oxygen atoms in total. The molecule has 0 spiro atoms. The summed E-state index contributed by atoms with van der Waals surface area (Å²) in [6.45, 7) is 2.16. The number of rotatable bonds is 6. The summed E-state index contributed by atoms with van der Waals surface area (Å²) >= 11 is 0. The van der Waals surface area contributed by atoms with Crippen molar-refractivity contribution < 1.29 is 9.47 Å². The van der Waals surface area contributed by atoms with E-state index >= 15 is 0 Å². The van der Waals surface area contributed by atoms with E-state index < -0.39 is 0 Å². The van der Waals surface area contributed by atoms with Gasteiger partial charge >= 0.3 is 0 Å². The Balaban J connectivity index is 0.00000242. The molecule has 0 bridgehead atoms. The predicted molar refractivity (Wildman–Crippen MR) is 93.2 cm³/mol. The van der Waals surface area contributed by atoms with Crippen LogP contribution in [-0.4, -0.2) is 14.2 Å². The molecular formula is C18H24ClNO2. The summed E-state index contributed by atoms with van der Waals surface area (Å²) in [5.41, 5.74) is 8.83. The molecule has 2 N–H and O–H groups in total. The van der Waals surface area contributed by atoms with Crippen molar-refractivity contribution in [3.8, 4) is 11.5 Å². The van der Waals surface area contributed by atoms with Crippen molar-refractivity contribution in [2.75, 3.05) is 14.2 Å². The second-order valence-electron chi connectivity index (χ2n) is 5.09. The van der Waals surface area contributed by atoms with Crippen LogP contribution in [0.2, 0.25) is 0 Å². The first-order chi connectivity index (χ1) is 10.2. The molecule has 2 aromatic carbocycles. The summed E-state index contributed by atoms with van der Waals surface area (Å²) in [5.74, 6) is 2.00. The van der Waals surface area contributed by atoms with E-state index in [1.807, 2.05) is 36.4 Å². The van der Waals surface area contributed by atoms with Gasteiger partial charge in [0.15, 0.2) is 0 Å². The van der Waals surface area contributed by atoms with E-state index in [4.69, 9.17) is 15.2 Å². The highest BCUT2D eigenvalue weighted by atomic mass is 35.5. The Bertz CT molecular complexity index is 554. The lowest BCUT2D eigenvalue weighted by molar-refractivity contribution is 0.413. The molecule has 2 aromatic rings. The van der Waals surface area contributed by atoms with E-state index in [0.717, 1.165) is 23.5 Å². The molecule has 0 aliphatic heterocycles. The van der Waals surface area contributed by atoms with Gasteiger partial charge in [0.1, 0.15) is 11.5 Å². The average Bonchev–Trinajstić information content (AvgIpc) is 2.56. The number of hydrogen-bond donors (Lipinski definition) is 1. The minimum absolute atomic E-state index is 0. The largest absolute Gasteiger partial charge is 0.497 e. The SMILES string of the molecule is CCC(c1ccc(OC)cc1)C(N)c1ccc(OC)cc1.Cl. The van der Waals surface area contributed by atoms with Crippen LogP contribution in [-0.2, 0) is 0 Å². The highest BCUT2D eigenvalue weighted by Gasteiger charge is 2.19. The van der Waals surface area contributed by atoms with Crippen molar-refractivity contribution in [3.05, 3.63) is 59.7 Å². The molecule has 0 aliphatic rings. The van der Waals surface area contributed by atoms with E-state index in [-0.39, 0.29) is 24.4 Å². The molecule has 120 valence electrons. The lowest BCUT2D eigenvalue weighted by Gasteiger charge is -2.24. The highest BCUT2D eigenvalue weighted by Crippen LogP contribution is 2.33. The van der Waals surface area contributed by atoms with Gasteiger partial charge in [-0.2, -0.15) is 0 Å². The van der Waals surface area contributed by atoms with Crippen LogP contribution in [0.25, 0.3) is 0 Å². The lowest BCUT2D eigenvalue weighted by atomic mass is 9.86. The third-order valence-corrected chi connectivity index (χ3v) is 3.92. The van der Waals surface area contributed by atoms with Crippen LogP contribution >= 0.6 is 12.4 Å². The van der Waals surface area contributed by atoms with Gasteiger partial charge in [-0.1, -0.05) is 31.2 Å². The molecule has 0 aromatic heterocycles. The van der Waals surface area contributed by atoms with Crippen molar-refractivity contribution in [2.45, 2.75) is 25.3 Å². The van der Waals surface area contributed by atoms with Gasteiger partial charge in [0.25, 0.3) is 0 Å². The van der Waals surface area contributed by atoms with Gasteiger partial charge in [0.2, 0.25) is 0 Å². The highest BCUT2D eigenvalue weighted by molar-refractivity contribution is 5.85. The zero-order valence-corrected chi connectivity index (χ0v) is 14.1. The first-order valence-corrected chi connectivity index (χ1v) is 7.23. The van der Waals surface area contributed by atoms with Crippen LogP contribution < -0.4 is 15.2 Å². The molecule has 0 saturated carbocycles. The van der Waals surface area contributed by atoms with Crippen molar-refractivity contribution in [2.24, 2.45) is 5.73 Å². The predicted octanol–water partition coefficient (Wildman–Crippen LogP) is 4.32. The number of ether oxygens (including phenoxy) is 2. The van der Waals surface area contributed by atoms with Crippen LogP contribution in [0, 0.1) is 0 Å². The zero-order chi connectivity index (χ0) is 15.2. The minimum atomic E-state index is -0.0331. The molecule has 2 rings (SSSR count). The summed E-state index contributed by atoms with van der Waals surface area (Å²) in [6, 6.07) is 16.1. The minimum Gasteiger partial charge on any atom is -0.497 e. The molecule has 0 radical (unpaired) electrons. The van der Waals surface area contributed by atoms with Gasteiger partial charge < -0.3 is 15.2 Å². The third kappa shape index (κ3) is 4.15. The summed E-state index contributed by atoms with van der Waals surface area (Å²) in [7, 11) is 3.34. The number of nitrogens with two attached hydrogens (primary N) is 1. The summed E-state index contributed by atoms with van der Waals surface area (Å²) in [5, 5.41) is 0. The Hall–Kier alpha value is -1.71. The van der Waals surface area contributed by atoms with Crippen molar-refractivity contribution >= 4 is 12.4 Å². The van der Waals surface area contributed by atoms with Crippen LogP contribution in [0.4, 0.5) is 0 Å². The molecule has 0 aliphatic carbocycles. The van der Waals surface area contributed by atoms with E-state index in [1.165, 1.54) is 5.56 Å². The molecule has 0 heterocycles. The van der Waals surface area contributed by atoms with Gasteiger partial charge in [0.05, 0.1) is 14.2 Å². The van der Waals surface area contributed by atoms with Crippen LogP contribution in [0.1, 0.15) is 36.4 Å². The summed E-state index contributed by atoms with van der Waals surface area (Å²) < 4.78 is 10.4. The summed E-state index contributed by atoms with van der Waals surface area (Å²) in [4.78, 5) is 0. The standard InChI is InChI=1S/C18H23NO2.ClH/c1-4-17(13-5-9-15(20-2)10-6-13)18(19)14-7-11-16(21-3)12-8-14;/h5-12,17-18H,4,19H2,1-3H3;1H. The Morgan fingerprint density at radius 3 is 1.59 bits per heavy atom. The maximum Gasteiger partial charge on any atom is 0.118 e. The van der Waals surface area contributed by atoms with E-state index in [9.17, 15) is 0 Å². The summed E-state index contributed by atoms with van der Waals surface area (Å²) in [6.07, 6.45) is 0.986. The zero-order valence-electron chi connectivity index (χ0n) is 13.3. The van der Waals surface area contributed by atoms with Crippen LogP contribution in [0.5, 0.6) is 11.5 Å². The van der Waals surface area contributed by atoms with Gasteiger partial charge in [-0.3, -0.25) is 0 Å². The van der Waals surface area contributed by atoms with Crippen molar-refractivity contribution in [1.82, 2.24) is 0 Å². The molecule has 2 unspecified atom stereocenters. The first-order valence-electron chi connectivity index (χ1n) is 7.23. The number of hydrogen-bond acceptors (Lipinski definition) is 3.